The largest absolute Gasteiger partial charge is 0.342 e. The van der Waals surface area contributed by atoms with Gasteiger partial charge in [0.05, 0.1) is 5.41 Å². The molecule has 86 valence electrons. The number of carbonyl (C=O) groups excluding carboxylic acids is 1. The van der Waals surface area contributed by atoms with Crippen LogP contribution in [0.2, 0.25) is 0 Å². The highest BCUT2D eigenvalue weighted by Gasteiger charge is 2.45. The molecule has 2 rings (SSSR count). The molecule has 3 atom stereocenters. The van der Waals surface area contributed by atoms with Crippen LogP contribution in [0.4, 0.5) is 0 Å². The van der Waals surface area contributed by atoms with E-state index < -0.39 is 0 Å². The third-order valence-corrected chi connectivity index (χ3v) is 4.23. The Morgan fingerprint density at radius 2 is 2.20 bits per heavy atom. The average Bonchev–Trinajstić information content (AvgIpc) is 2.75. The summed E-state index contributed by atoms with van der Waals surface area (Å²) in [6.07, 6.45) is 4.23. The van der Waals surface area contributed by atoms with Crippen molar-refractivity contribution in [2.45, 2.75) is 45.6 Å². The van der Waals surface area contributed by atoms with Gasteiger partial charge in [-0.3, -0.25) is 4.79 Å². The van der Waals surface area contributed by atoms with E-state index in [1.807, 2.05) is 4.90 Å². The number of nitrogens with zero attached hydrogens (tertiary/aromatic N) is 1. The van der Waals surface area contributed by atoms with Gasteiger partial charge in [0.25, 0.3) is 0 Å². The highest BCUT2D eigenvalue weighted by molar-refractivity contribution is 5.83. The highest BCUT2D eigenvalue weighted by Crippen LogP contribution is 2.39. The molecule has 3 unspecified atom stereocenters. The van der Waals surface area contributed by atoms with Crippen molar-refractivity contribution in [1.29, 1.82) is 0 Å². The van der Waals surface area contributed by atoms with Gasteiger partial charge in [-0.15, -0.1) is 0 Å². The zero-order chi connectivity index (χ0) is 11.1. The monoisotopic (exact) mass is 210 g/mol. The Balaban J connectivity index is 2.07. The van der Waals surface area contributed by atoms with Gasteiger partial charge in [-0.2, -0.15) is 0 Å². The molecule has 2 fully saturated rings. The van der Waals surface area contributed by atoms with E-state index in [4.69, 9.17) is 5.73 Å². The minimum absolute atomic E-state index is 0.0703. The second kappa shape index (κ2) is 3.78. The van der Waals surface area contributed by atoms with Crippen LogP contribution in [0.15, 0.2) is 0 Å². The van der Waals surface area contributed by atoms with Gasteiger partial charge >= 0.3 is 0 Å². The van der Waals surface area contributed by atoms with E-state index in [-0.39, 0.29) is 11.5 Å². The van der Waals surface area contributed by atoms with Crippen LogP contribution in [-0.2, 0) is 4.79 Å². The Bertz CT molecular complexity index is 266. The molecule has 0 radical (unpaired) electrons. The third-order valence-electron chi connectivity index (χ3n) is 4.23. The fraction of sp³-hybridized carbons (Fsp3) is 0.917. The van der Waals surface area contributed by atoms with Gasteiger partial charge in [-0.1, -0.05) is 13.3 Å². The molecule has 0 aromatic heterocycles. The number of hydrogen-bond acceptors (Lipinski definition) is 2. The first-order valence-electron chi connectivity index (χ1n) is 6.09. The van der Waals surface area contributed by atoms with Crippen LogP contribution in [0, 0.1) is 11.3 Å². The predicted molar refractivity (Wildman–Crippen MR) is 60.3 cm³/mol. The van der Waals surface area contributed by atoms with Crippen molar-refractivity contribution >= 4 is 5.91 Å². The van der Waals surface area contributed by atoms with Crippen LogP contribution >= 0.6 is 0 Å². The molecule has 1 saturated heterocycles. The van der Waals surface area contributed by atoms with E-state index in [1.165, 1.54) is 0 Å². The van der Waals surface area contributed by atoms with Crippen LogP contribution in [0.25, 0.3) is 0 Å². The molecule has 15 heavy (non-hydrogen) atoms. The molecule has 1 heterocycles. The van der Waals surface area contributed by atoms with Crippen molar-refractivity contribution in [2.24, 2.45) is 17.1 Å². The van der Waals surface area contributed by atoms with Gasteiger partial charge in [-0.05, 0) is 32.1 Å². The van der Waals surface area contributed by atoms with Crippen molar-refractivity contribution in [2.75, 3.05) is 13.1 Å². The van der Waals surface area contributed by atoms with Gasteiger partial charge in [0.1, 0.15) is 0 Å². The Labute approximate surface area is 92.0 Å². The van der Waals surface area contributed by atoms with E-state index in [1.54, 1.807) is 0 Å². The van der Waals surface area contributed by atoms with Crippen molar-refractivity contribution in [3.63, 3.8) is 0 Å². The normalized spacial score (nSPS) is 41.1. The standard InChI is InChI=1S/C12H22N2O/c1-9-5-7-14(8-9)11(15)12(2)6-3-4-10(12)13/h9-10H,3-8,13H2,1-2H3. The number of rotatable bonds is 1. The molecular weight excluding hydrogens is 188 g/mol. The van der Waals surface area contributed by atoms with Gasteiger partial charge in [-0.25, -0.2) is 0 Å². The maximum Gasteiger partial charge on any atom is 0.230 e. The number of hydrogen-bond donors (Lipinski definition) is 1. The summed E-state index contributed by atoms with van der Waals surface area (Å²) >= 11 is 0. The van der Waals surface area contributed by atoms with Crippen molar-refractivity contribution < 1.29 is 4.79 Å². The van der Waals surface area contributed by atoms with Gasteiger partial charge in [0.15, 0.2) is 0 Å². The second-order valence-electron chi connectivity index (χ2n) is 5.56. The number of nitrogens with two attached hydrogens (primary N) is 1. The van der Waals surface area contributed by atoms with Gasteiger partial charge in [0, 0.05) is 19.1 Å². The van der Waals surface area contributed by atoms with Crippen molar-refractivity contribution in [3.8, 4) is 0 Å². The summed E-state index contributed by atoms with van der Waals surface area (Å²) in [4.78, 5) is 14.4. The quantitative estimate of drug-likeness (QED) is 0.710. The topological polar surface area (TPSA) is 46.3 Å². The molecule has 1 aliphatic heterocycles. The van der Waals surface area contributed by atoms with Crippen LogP contribution in [0.3, 0.4) is 0 Å². The lowest BCUT2D eigenvalue weighted by atomic mass is 9.83. The summed E-state index contributed by atoms with van der Waals surface area (Å²) in [6, 6.07) is 0.0703. The molecule has 1 saturated carbocycles. The Morgan fingerprint density at radius 3 is 2.67 bits per heavy atom. The second-order valence-corrected chi connectivity index (χ2v) is 5.56. The number of amides is 1. The van der Waals surface area contributed by atoms with Gasteiger partial charge < -0.3 is 10.6 Å². The lowest BCUT2D eigenvalue weighted by Gasteiger charge is -2.32. The molecule has 0 bridgehead atoms. The van der Waals surface area contributed by atoms with E-state index >= 15 is 0 Å². The minimum atomic E-state index is -0.274. The first-order valence-corrected chi connectivity index (χ1v) is 6.09. The summed E-state index contributed by atoms with van der Waals surface area (Å²) in [5.74, 6) is 0.965. The van der Waals surface area contributed by atoms with E-state index in [0.717, 1.165) is 38.8 Å². The van der Waals surface area contributed by atoms with E-state index in [2.05, 4.69) is 13.8 Å². The summed E-state index contributed by atoms with van der Waals surface area (Å²) < 4.78 is 0. The van der Waals surface area contributed by atoms with Crippen molar-refractivity contribution in [3.05, 3.63) is 0 Å². The third kappa shape index (κ3) is 1.78. The Morgan fingerprint density at radius 1 is 1.47 bits per heavy atom. The molecule has 2 N–H and O–H groups in total. The minimum Gasteiger partial charge on any atom is -0.342 e. The fourth-order valence-corrected chi connectivity index (χ4v) is 2.94. The number of likely N-dealkylation sites (tertiary alicyclic amines) is 1. The predicted octanol–water partition coefficient (Wildman–Crippen LogP) is 1.37. The van der Waals surface area contributed by atoms with Crippen LogP contribution in [0.5, 0.6) is 0 Å². The zero-order valence-corrected chi connectivity index (χ0v) is 9.83. The molecule has 1 aliphatic carbocycles. The molecule has 2 aliphatic rings. The SMILES string of the molecule is CC1CCN(C(=O)C2(C)CCCC2N)C1. The summed E-state index contributed by atoms with van der Waals surface area (Å²) in [7, 11) is 0. The molecule has 3 heteroatoms. The molecule has 0 spiro atoms. The first kappa shape index (κ1) is 10.9. The van der Waals surface area contributed by atoms with E-state index in [9.17, 15) is 4.79 Å². The van der Waals surface area contributed by atoms with Crippen LogP contribution < -0.4 is 5.73 Å². The fourth-order valence-electron chi connectivity index (χ4n) is 2.94. The van der Waals surface area contributed by atoms with Crippen LogP contribution in [-0.4, -0.2) is 29.9 Å². The molecule has 3 nitrogen and oxygen atoms in total. The number of carbonyl (C=O) groups is 1. The summed E-state index contributed by atoms with van der Waals surface area (Å²) in [5, 5.41) is 0. The van der Waals surface area contributed by atoms with Crippen LogP contribution in [0.1, 0.15) is 39.5 Å². The maximum atomic E-state index is 12.4. The smallest absolute Gasteiger partial charge is 0.230 e. The molecule has 0 aromatic rings. The van der Waals surface area contributed by atoms with Crippen molar-refractivity contribution in [1.82, 2.24) is 4.90 Å². The summed E-state index contributed by atoms with van der Waals surface area (Å²) in [5.41, 5.74) is 5.80. The first-order chi connectivity index (χ1) is 7.04. The summed E-state index contributed by atoms with van der Waals surface area (Å²) in [6.45, 7) is 6.13. The Kier molecular flexibility index (Phi) is 2.75. The maximum absolute atomic E-state index is 12.4. The average molecular weight is 210 g/mol. The molecular formula is C12H22N2O. The molecule has 0 aromatic carbocycles. The van der Waals surface area contributed by atoms with E-state index in [0.29, 0.717) is 11.8 Å². The Hall–Kier alpha value is -0.570. The zero-order valence-electron chi connectivity index (χ0n) is 9.83. The lowest BCUT2D eigenvalue weighted by molar-refractivity contribution is -0.140. The van der Waals surface area contributed by atoms with Gasteiger partial charge in [0.2, 0.25) is 5.91 Å². The molecule has 1 amide bonds. The lowest BCUT2D eigenvalue weighted by Crippen LogP contribution is -2.48. The highest BCUT2D eigenvalue weighted by atomic mass is 16.2.